The highest BCUT2D eigenvalue weighted by molar-refractivity contribution is 6.10. The number of rotatable bonds is 5. The lowest BCUT2D eigenvalue weighted by Gasteiger charge is -2.15. The summed E-state index contributed by atoms with van der Waals surface area (Å²) in [6, 6.07) is 40.2. The zero-order valence-electron chi connectivity index (χ0n) is 19.3. The van der Waals surface area contributed by atoms with Crippen molar-refractivity contribution in [2.24, 2.45) is 5.73 Å². The van der Waals surface area contributed by atoms with Crippen LogP contribution in [0.3, 0.4) is 0 Å². The van der Waals surface area contributed by atoms with Crippen LogP contribution in [0.4, 0.5) is 11.4 Å². The number of aromatic nitrogens is 1. The molecule has 0 aliphatic rings. The molecule has 0 radical (unpaired) electrons. The van der Waals surface area contributed by atoms with E-state index in [4.69, 9.17) is 11.5 Å². The fourth-order valence-corrected chi connectivity index (χ4v) is 4.96. The van der Waals surface area contributed by atoms with Gasteiger partial charge in [-0.15, -0.1) is 0 Å². The van der Waals surface area contributed by atoms with Gasteiger partial charge in [-0.25, -0.2) is 0 Å². The van der Waals surface area contributed by atoms with Crippen LogP contribution in [0.25, 0.3) is 49.7 Å². The van der Waals surface area contributed by atoms with Crippen molar-refractivity contribution in [3.05, 3.63) is 115 Å². The third-order valence-corrected chi connectivity index (χ3v) is 6.58. The number of anilines is 2. The number of benzene rings is 5. The number of para-hydroxylation sites is 3. The largest absolute Gasteiger partial charge is 0.398 e. The van der Waals surface area contributed by atoms with Crippen molar-refractivity contribution in [1.29, 1.82) is 0 Å². The van der Waals surface area contributed by atoms with Gasteiger partial charge in [-0.1, -0.05) is 66.7 Å². The first-order valence-electron chi connectivity index (χ1n) is 11.8. The van der Waals surface area contributed by atoms with Gasteiger partial charge in [-0.3, -0.25) is 0 Å². The Kier molecular flexibility index (Phi) is 5.21. The van der Waals surface area contributed by atoms with Crippen molar-refractivity contribution >= 4 is 33.2 Å². The molecule has 0 aliphatic heterocycles. The molecule has 35 heavy (non-hydrogen) atoms. The second-order valence-corrected chi connectivity index (χ2v) is 8.65. The van der Waals surface area contributed by atoms with Crippen molar-refractivity contribution in [1.82, 2.24) is 4.57 Å². The standard InChI is InChI=1S/C31H26N4/c32-20-34-29-16-14-21(18-26(29)24-10-4-6-12-28(24)33)22-15-17-31-27(19-22)25-11-5-7-13-30(25)35(31)23-8-2-1-3-9-23/h1-19,34H,20,32-33H2. The normalized spacial score (nSPS) is 11.2. The van der Waals surface area contributed by atoms with Crippen LogP contribution in [0.2, 0.25) is 0 Å². The maximum absolute atomic E-state index is 6.34. The van der Waals surface area contributed by atoms with Crippen LogP contribution in [0.15, 0.2) is 115 Å². The first kappa shape index (κ1) is 21.0. The first-order chi connectivity index (χ1) is 17.2. The van der Waals surface area contributed by atoms with Gasteiger partial charge in [-0.05, 0) is 59.7 Å². The summed E-state index contributed by atoms with van der Waals surface area (Å²) in [6.45, 7) is 0.351. The minimum Gasteiger partial charge on any atom is -0.398 e. The van der Waals surface area contributed by atoms with Gasteiger partial charge in [0, 0.05) is 39.0 Å². The highest BCUT2D eigenvalue weighted by atomic mass is 15.0. The summed E-state index contributed by atoms with van der Waals surface area (Å²) in [4.78, 5) is 0. The lowest BCUT2D eigenvalue weighted by Crippen LogP contribution is -2.11. The van der Waals surface area contributed by atoms with E-state index in [-0.39, 0.29) is 0 Å². The van der Waals surface area contributed by atoms with Gasteiger partial charge in [0.25, 0.3) is 0 Å². The fraction of sp³-hybridized carbons (Fsp3) is 0.0323. The summed E-state index contributed by atoms with van der Waals surface area (Å²) in [5.74, 6) is 0. The Morgan fingerprint density at radius 1 is 0.600 bits per heavy atom. The van der Waals surface area contributed by atoms with Crippen molar-refractivity contribution in [2.45, 2.75) is 0 Å². The van der Waals surface area contributed by atoms with Crippen LogP contribution in [0, 0.1) is 0 Å². The van der Waals surface area contributed by atoms with Crippen LogP contribution < -0.4 is 16.8 Å². The summed E-state index contributed by atoms with van der Waals surface area (Å²) >= 11 is 0. The molecule has 0 spiro atoms. The molecule has 0 aliphatic carbocycles. The van der Waals surface area contributed by atoms with Crippen LogP contribution in [-0.2, 0) is 0 Å². The Labute approximate surface area is 204 Å². The van der Waals surface area contributed by atoms with Gasteiger partial charge in [0.2, 0.25) is 0 Å². The number of nitrogens with two attached hydrogens (primary N) is 2. The SMILES string of the molecule is NCNc1ccc(-c2ccc3c(c2)c2ccccc2n3-c2ccccc2)cc1-c1ccccc1N. The quantitative estimate of drug-likeness (QED) is 0.193. The molecule has 6 aromatic rings. The second-order valence-electron chi connectivity index (χ2n) is 8.65. The molecule has 0 unspecified atom stereocenters. The summed E-state index contributed by atoms with van der Waals surface area (Å²) < 4.78 is 2.33. The van der Waals surface area contributed by atoms with E-state index in [1.807, 2.05) is 24.3 Å². The summed E-state index contributed by atoms with van der Waals surface area (Å²) in [5, 5.41) is 5.74. The number of fused-ring (bicyclic) bond motifs is 3. The third-order valence-electron chi connectivity index (χ3n) is 6.58. The number of nitrogens with zero attached hydrogens (tertiary/aromatic N) is 1. The van der Waals surface area contributed by atoms with Gasteiger partial charge in [0.15, 0.2) is 0 Å². The number of hydrogen-bond acceptors (Lipinski definition) is 3. The highest BCUT2D eigenvalue weighted by Crippen LogP contribution is 2.38. The summed E-state index contributed by atoms with van der Waals surface area (Å²) in [7, 11) is 0. The molecular formula is C31H26N4. The molecule has 6 rings (SSSR count). The third kappa shape index (κ3) is 3.61. The first-order valence-corrected chi connectivity index (χ1v) is 11.8. The number of nitrogen functional groups attached to an aromatic ring is 1. The zero-order chi connectivity index (χ0) is 23.8. The Bertz CT molecular complexity index is 1660. The zero-order valence-corrected chi connectivity index (χ0v) is 19.3. The molecule has 1 aromatic heterocycles. The predicted molar refractivity (Wildman–Crippen MR) is 149 cm³/mol. The van der Waals surface area contributed by atoms with Crippen molar-refractivity contribution in [3.63, 3.8) is 0 Å². The van der Waals surface area contributed by atoms with Gasteiger partial charge in [0.1, 0.15) is 0 Å². The lowest BCUT2D eigenvalue weighted by molar-refractivity contribution is 1.14. The van der Waals surface area contributed by atoms with E-state index >= 15 is 0 Å². The minimum atomic E-state index is 0.351. The fourth-order valence-electron chi connectivity index (χ4n) is 4.96. The van der Waals surface area contributed by atoms with Crippen molar-refractivity contribution in [3.8, 4) is 27.9 Å². The average Bonchev–Trinajstić information content (AvgIpc) is 3.24. The molecule has 4 nitrogen and oxygen atoms in total. The van der Waals surface area contributed by atoms with Crippen LogP contribution >= 0.6 is 0 Å². The van der Waals surface area contributed by atoms with Crippen LogP contribution in [-0.4, -0.2) is 11.2 Å². The molecule has 0 saturated heterocycles. The average molecular weight is 455 g/mol. The topological polar surface area (TPSA) is 69.0 Å². The van der Waals surface area contributed by atoms with Gasteiger partial charge in [-0.2, -0.15) is 0 Å². The minimum absolute atomic E-state index is 0.351. The van der Waals surface area contributed by atoms with Gasteiger partial charge >= 0.3 is 0 Å². The van der Waals surface area contributed by atoms with E-state index in [0.29, 0.717) is 6.67 Å². The van der Waals surface area contributed by atoms with E-state index in [1.165, 1.54) is 21.8 Å². The Balaban J connectivity index is 1.56. The molecular weight excluding hydrogens is 428 g/mol. The van der Waals surface area contributed by atoms with Crippen molar-refractivity contribution in [2.75, 3.05) is 17.7 Å². The predicted octanol–water partition coefficient (Wildman–Crippen LogP) is 7.03. The van der Waals surface area contributed by atoms with E-state index in [9.17, 15) is 0 Å². The van der Waals surface area contributed by atoms with Gasteiger partial charge in [0.05, 0.1) is 17.7 Å². The summed E-state index contributed by atoms with van der Waals surface area (Å²) in [6.07, 6.45) is 0. The molecule has 170 valence electrons. The molecule has 0 fully saturated rings. The Hall–Kier alpha value is -4.54. The molecule has 1 heterocycles. The van der Waals surface area contributed by atoms with E-state index in [0.717, 1.165) is 39.3 Å². The Morgan fingerprint density at radius 3 is 2.11 bits per heavy atom. The molecule has 5 N–H and O–H groups in total. The van der Waals surface area contributed by atoms with Crippen LogP contribution in [0.1, 0.15) is 0 Å². The van der Waals surface area contributed by atoms with Crippen LogP contribution in [0.5, 0.6) is 0 Å². The maximum atomic E-state index is 6.34. The molecule has 0 bridgehead atoms. The number of hydrogen-bond donors (Lipinski definition) is 3. The Morgan fingerprint density at radius 2 is 1.29 bits per heavy atom. The monoisotopic (exact) mass is 454 g/mol. The van der Waals surface area contributed by atoms with Gasteiger partial charge < -0.3 is 21.4 Å². The number of nitrogens with one attached hydrogen (secondary N) is 1. The molecule has 5 aromatic carbocycles. The van der Waals surface area contributed by atoms with E-state index < -0.39 is 0 Å². The molecule has 0 amide bonds. The highest BCUT2D eigenvalue weighted by Gasteiger charge is 2.14. The molecule has 4 heteroatoms. The molecule has 0 atom stereocenters. The van der Waals surface area contributed by atoms with E-state index in [2.05, 4.69) is 101 Å². The smallest absolute Gasteiger partial charge is 0.0628 e. The van der Waals surface area contributed by atoms with E-state index in [1.54, 1.807) is 0 Å². The maximum Gasteiger partial charge on any atom is 0.0628 e. The second kappa shape index (κ2) is 8.67. The van der Waals surface area contributed by atoms with Crippen molar-refractivity contribution < 1.29 is 0 Å². The lowest BCUT2D eigenvalue weighted by atomic mass is 9.95. The molecule has 0 saturated carbocycles. The summed E-state index contributed by atoms with van der Waals surface area (Å²) in [5.41, 5.74) is 21.7.